The molecular formula is C24H38F3N7O3. The van der Waals surface area contributed by atoms with Crippen molar-refractivity contribution in [3.8, 4) is 0 Å². The number of aliphatic hydroxyl groups excluding tert-OH is 1. The summed E-state index contributed by atoms with van der Waals surface area (Å²) in [5, 5.41) is 15.9. The van der Waals surface area contributed by atoms with Gasteiger partial charge in [-0.1, -0.05) is 18.6 Å². The van der Waals surface area contributed by atoms with Crippen molar-refractivity contribution in [1.29, 1.82) is 0 Å². The van der Waals surface area contributed by atoms with E-state index in [1.165, 1.54) is 0 Å². The van der Waals surface area contributed by atoms with Crippen molar-refractivity contribution in [2.75, 3.05) is 45.4 Å². The molecule has 1 heterocycles. The number of hydrazine groups is 1. The largest absolute Gasteiger partial charge is 0.428 e. The van der Waals surface area contributed by atoms with Crippen LogP contribution in [0.25, 0.3) is 0 Å². The number of nitrogens with one attached hydrogen (secondary N) is 3. The summed E-state index contributed by atoms with van der Waals surface area (Å²) in [6, 6.07) is 6.20. The normalized spacial score (nSPS) is 23.8. The number of nitrogens with zero attached hydrogens (tertiary/aromatic N) is 2. The van der Waals surface area contributed by atoms with Crippen LogP contribution in [0.4, 0.5) is 18.9 Å². The van der Waals surface area contributed by atoms with E-state index in [-0.39, 0.29) is 18.0 Å². The molecule has 10 nitrogen and oxygen atoms in total. The van der Waals surface area contributed by atoms with Crippen molar-refractivity contribution >= 4 is 11.6 Å². The van der Waals surface area contributed by atoms with Crippen molar-refractivity contribution < 1.29 is 27.8 Å². The Hall–Kier alpha value is -2.42. The number of ether oxygens (including phenoxy) is 1. The monoisotopic (exact) mass is 529 g/mol. The van der Waals surface area contributed by atoms with Gasteiger partial charge in [0.2, 0.25) is 6.23 Å². The molecule has 2 aliphatic rings. The van der Waals surface area contributed by atoms with Gasteiger partial charge in [-0.25, -0.2) is 5.43 Å². The van der Waals surface area contributed by atoms with Crippen LogP contribution >= 0.6 is 0 Å². The zero-order valence-electron chi connectivity index (χ0n) is 21.2. The van der Waals surface area contributed by atoms with Crippen LogP contribution in [0, 0.1) is 0 Å². The van der Waals surface area contributed by atoms with Crippen LogP contribution in [0.2, 0.25) is 0 Å². The molecule has 1 aliphatic carbocycles. The molecule has 0 radical (unpaired) electrons. The first-order chi connectivity index (χ1) is 17.5. The van der Waals surface area contributed by atoms with E-state index in [9.17, 15) is 18.0 Å². The fraction of sp³-hybridized carbons (Fsp3) is 0.625. The van der Waals surface area contributed by atoms with Crippen molar-refractivity contribution in [3.05, 3.63) is 41.1 Å². The summed E-state index contributed by atoms with van der Waals surface area (Å²) in [7, 11) is 3.54. The Morgan fingerprint density at radius 2 is 2.00 bits per heavy atom. The number of carbonyl (C=O) groups excluding carboxylic acids is 1. The van der Waals surface area contributed by atoms with E-state index >= 15 is 0 Å². The topological polar surface area (TPSA) is 141 Å². The number of hydrogen-bond donors (Lipinski definition) is 6. The van der Waals surface area contributed by atoms with E-state index in [1.807, 2.05) is 10.2 Å². The number of anilines is 1. The SMILES string of the molecule is CN/C(C(=O)N1CCOC[C@H]1CNN(C)c1ccc(C(N)NC(O)C(F)(F)F)cc1)=C1/CCCCC1N. The zero-order chi connectivity index (χ0) is 27.2. The maximum absolute atomic E-state index is 13.5. The fourth-order valence-electron chi connectivity index (χ4n) is 4.59. The Kier molecular flexibility index (Phi) is 10.2. The van der Waals surface area contributed by atoms with Gasteiger partial charge in [-0.15, -0.1) is 0 Å². The fourth-order valence-corrected chi connectivity index (χ4v) is 4.59. The molecule has 1 amide bonds. The molecule has 3 unspecified atom stereocenters. The van der Waals surface area contributed by atoms with E-state index in [0.29, 0.717) is 37.6 Å². The number of nitrogens with two attached hydrogens (primary N) is 2. The minimum absolute atomic E-state index is 0.0838. The van der Waals surface area contributed by atoms with Gasteiger partial charge in [0.25, 0.3) is 5.91 Å². The van der Waals surface area contributed by atoms with Crippen LogP contribution in [-0.4, -0.2) is 80.8 Å². The van der Waals surface area contributed by atoms with Crippen LogP contribution in [0.3, 0.4) is 0 Å². The highest BCUT2D eigenvalue weighted by Gasteiger charge is 2.39. The first kappa shape index (κ1) is 29.1. The summed E-state index contributed by atoms with van der Waals surface area (Å²) in [6.45, 7) is 1.72. The molecule has 4 atom stereocenters. The van der Waals surface area contributed by atoms with E-state index in [0.717, 1.165) is 36.9 Å². The maximum atomic E-state index is 13.5. The van der Waals surface area contributed by atoms with Crippen LogP contribution in [0.15, 0.2) is 35.5 Å². The number of aliphatic hydroxyl groups is 1. The molecule has 3 rings (SSSR count). The summed E-state index contributed by atoms with van der Waals surface area (Å²) >= 11 is 0. The molecule has 37 heavy (non-hydrogen) atoms. The summed E-state index contributed by atoms with van der Waals surface area (Å²) < 4.78 is 43.3. The predicted molar refractivity (Wildman–Crippen MR) is 134 cm³/mol. The summed E-state index contributed by atoms with van der Waals surface area (Å²) in [5.41, 5.74) is 18.0. The van der Waals surface area contributed by atoms with E-state index < -0.39 is 18.6 Å². The average molecular weight is 530 g/mol. The smallest absolute Gasteiger partial charge is 0.384 e. The summed E-state index contributed by atoms with van der Waals surface area (Å²) in [5.74, 6) is -0.0838. The average Bonchev–Trinajstić information content (AvgIpc) is 2.88. The van der Waals surface area contributed by atoms with Crippen molar-refractivity contribution in [3.63, 3.8) is 0 Å². The predicted octanol–water partition coefficient (Wildman–Crippen LogP) is 0.657. The molecule has 1 aliphatic heterocycles. The lowest BCUT2D eigenvalue weighted by Crippen LogP contribution is -2.56. The Balaban J connectivity index is 1.61. The number of amides is 1. The van der Waals surface area contributed by atoms with E-state index in [2.05, 4.69) is 10.7 Å². The second kappa shape index (κ2) is 12.9. The van der Waals surface area contributed by atoms with Gasteiger partial charge in [0.05, 0.1) is 31.1 Å². The minimum Gasteiger partial charge on any atom is -0.384 e. The lowest BCUT2D eigenvalue weighted by Gasteiger charge is -2.38. The molecule has 0 spiro atoms. The molecular weight excluding hydrogens is 491 g/mol. The molecule has 208 valence electrons. The second-order valence-electron chi connectivity index (χ2n) is 9.33. The van der Waals surface area contributed by atoms with Crippen molar-refractivity contribution in [2.24, 2.45) is 11.5 Å². The van der Waals surface area contributed by atoms with Gasteiger partial charge < -0.3 is 36.5 Å². The molecule has 13 heteroatoms. The van der Waals surface area contributed by atoms with Crippen LogP contribution in [0.1, 0.15) is 37.4 Å². The Morgan fingerprint density at radius 3 is 2.62 bits per heavy atom. The highest BCUT2D eigenvalue weighted by atomic mass is 19.4. The van der Waals surface area contributed by atoms with Gasteiger partial charge in [0.15, 0.2) is 0 Å². The number of rotatable bonds is 9. The number of hydrogen-bond acceptors (Lipinski definition) is 9. The standard InChI is InChI=1S/C24H38F3N7O3/c1-30-20(18-5-3-4-6-19(18)28)22(35)34-11-12-37-14-17(34)13-31-33(2)16-9-7-15(8-10-16)21(29)32-23(36)24(25,26)27/h7-10,17,19,21,23,30-32,36H,3-6,11-14,28-29H2,1-2H3/b20-18-/t17-,19?,21?,23?/m1/s1. The van der Waals surface area contributed by atoms with Crippen molar-refractivity contribution in [2.45, 2.75) is 56.3 Å². The number of alkyl halides is 3. The highest BCUT2D eigenvalue weighted by Crippen LogP contribution is 2.26. The van der Waals surface area contributed by atoms with Gasteiger partial charge in [0.1, 0.15) is 5.70 Å². The number of benzene rings is 1. The molecule has 8 N–H and O–H groups in total. The lowest BCUT2D eigenvalue weighted by atomic mass is 9.88. The van der Waals surface area contributed by atoms with Crippen molar-refractivity contribution in [1.82, 2.24) is 21.0 Å². The Bertz CT molecular complexity index is 929. The van der Waals surface area contributed by atoms with Gasteiger partial charge in [-0.2, -0.15) is 13.2 Å². The number of halogens is 3. The zero-order valence-corrected chi connectivity index (χ0v) is 21.2. The third kappa shape index (κ3) is 7.55. The van der Waals surface area contributed by atoms with Crippen LogP contribution in [0.5, 0.6) is 0 Å². The molecule has 1 saturated heterocycles. The number of morpholine rings is 1. The van der Waals surface area contributed by atoms with Gasteiger partial charge >= 0.3 is 6.18 Å². The first-order valence-corrected chi connectivity index (χ1v) is 12.4. The second-order valence-corrected chi connectivity index (χ2v) is 9.33. The number of carbonyl (C=O) groups is 1. The molecule has 1 saturated carbocycles. The molecule has 2 fully saturated rings. The summed E-state index contributed by atoms with van der Waals surface area (Å²) in [4.78, 5) is 15.3. The minimum atomic E-state index is -4.81. The van der Waals surface area contributed by atoms with Crippen LogP contribution in [-0.2, 0) is 9.53 Å². The summed E-state index contributed by atoms with van der Waals surface area (Å²) in [6.07, 6.45) is -4.97. The quantitative estimate of drug-likeness (QED) is 0.155. The first-order valence-electron chi connectivity index (χ1n) is 12.4. The molecule has 1 aromatic rings. The molecule has 1 aromatic carbocycles. The third-order valence-corrected chi connectivity index (χ3v) is 6.78. The highest BCUT2D eigenvalue weighted by molar-refractivity contribution is 5.94. The molecule has 0 aromatic heterocycles. The Morgan fingerprint density at radius 1 is 1.30 bits per heavy atom. The molecule has 0 bridgehead atoms. The lowest BCUT2D eigenvalue weighted by molar-refractivity contribution is -0.216. The van der Waals surface area contributed by atoms with Gasteiger partial charge in [-0.05, 0) is 42.5 Å². The van der Waals surface area contributed by atoms with Gasteiger partial charge in [0, 0.05) is 33.2 Å². The third-order valence-electron chi connectivity index (χ3n) is 6.78. The van der Waals surface area contributed by atoms with E-state index in [4.69, 9.17) is 21.3 Å². The maximum Gasteiger partial charge on any atom is 0.428 e. The number of likely N-dealkylation sites (N-methyl/N-ethyl adjacent to an activating group) is 1. The van der Waals surface area contributed by atoms with Crippen LogP contribution < -0.4 is 32.5 Å². The Labute approximate surface area is 215 Å². The van der Waals surface area contributed by atoms with E-state index in [1.54, 1.807) is 43.4 Å². The van der Waals surface area contributed by atoms with Gasteiger partial charge in [-0.3, -0.25) is 10.1 Å².